The molecule has 0 saturated carbocycles. The van der Waals surface area contributed by atoms with Gasteiger partial charge in [0.25, 0.3) is 0 Å². The van der Waals surface area contributed by atoms with Crippen molar-refractivity contribution in [2.75, 3.05) is 32.8 Å². The van der Waals surface area contributed by atoms with E-state index in [0.717, 1.165) is 18.8 Å². The predicted octanol–water partition coefficient (Wildman–Crippen LogP) is 1.86. The van der Waals surface area contributed by atoms with Crippen molar-refractivity contribution in [1.82, 2.24) is 10.2 Å². The molecule has 0 spiro atoms. The second-order valence-corrected chi connectivity index (χ2v) is 5.59. The fraction of sp³-hybridized carbons (Fsp3) is 1.00. The third-order valence-electron chi connectivity index (χ3n) is 3.73. The van der Waals surface area contributed by atoms with Gasteiger partial charge in [-0.05, 0) is 71.5 Å². The lowest BCUT2D eigenvalue weighted by Gasteiger charge is -2.32. The Kier molecular flexibility index (Phi) is 7.82. The highest BCUT2D eigenvalue weighted by Crippen LogP contribution is 2.14. The molecule has 102 valence electrons. The minimum Gasteiger partial charge on any atom is -0.396 e. The van der Waals surface area contributed by atoms with Crippen LogP contribution in [0.4, 0.5) is 0 Å². The SMILES string of the molecule is CC(C)N(CCCCCO)CC1CCCNC1. The molecule has 0 aliphatic carbocycles. The summed E-state index contributed by atoms with van der Waals surface area (Å²) in [7, 11) is 0. The van der Waals surface area contributed by atoms with Crippen LogP contribution in [0, 0.1) is 5.92 Å². The van der Waals surface area contributed by atoms with Crippen molar-refractivity contribution in [2.24, 2.45) is 5.92 Å². The lowest BCUT2D eigenvalue weighted by atomic mass is 9.98. The standard InChI is InChI=1S/C14H30N2O/c1-13(2)16(9-4-3-5-10-17)12-14-7-6-8-15-11-14/h13-15,17H,3-12H2,1-2H3. The van der Waals surface area contributed by atoms with Crippen LogP contribution in [0.15, 0.2) is 0 Å². The first-order valence-electron chi connectivity index (χ1n) is 7.29. The number of unbranched alkanes of at least 4 members (excludes halogenated alkanes) is 2. The highest BCUT2D eigenvalue weighted by molar-refractivity contribution is 4.74. The summed E-state index contributed by atoms with van der Waals surface area (Å²) < 4.78 is 0. The monoisotopic (exact) mass is 242 g/mol. The van der Waals surface area contributed by atoms with Gasteiger partial charge in [-0.15, -0.1) is 0 Å². The summed E-state index contributed by atoms with van der Waals surface area (Å²) in [6, 6.07) is 0.644. The van der Waals surface area contributed by atoms with E-state index >= 15 is 0 Å². The summed E-state index contributed by atoms with van der Waals surface area (Å²) in [5.41, 5.74) is 0. The van der Waals surface area contributed by atoms with Gasteiger partial charge in [-0.25, -0.2) is 0 Å². The van der Waals surface area contributed by atoms with Gasteiger partial charge >= 0.3 is 0 Å². The molecule has 2 N–H and O–H groups in total. The molecule has 1 atom stereocenters. The molecule has 0 aromatic rings. The van der Waals surface area contributed by atoms with Crippen molar-refractivity contribution in [3.05, 3.63) is 0 Å². The molecule has 1 rings (SSSR count). The maximum atomic E-state index is 8.78. The summed E-state index contributed by atoms with van der Waals surface area (Å²) in [6.45, 7) is 9.76. The quantitative estimate of drug-likeness (QED) is 0.638. The molecule has 1 fully saturated rings. The largest absolute Gasteiger partial charge is 0.396 e. The van der Waals surface area contributed by atoms with Crippen LogP contribution in [0.5, 0.6) is 0 Å². The van der Waals surface area contributed by atoms with E-state index in [9.17, 15) is 0 Å². The molecule has 1 aliphatic heterocycles. The highest BCUT2D eigenvalue weighted by atomic mass is 16.2. The van der Waals surface area contributed by atoms with Crippen molar-refractivity contribution in [3.8, 4) is 0 Å². The van der Waals surface area contributed by atoms with Gasteiger partial charge in [-0.3, -0.25) is 0 Å². The van der Waals surface area contributed by atoms with E-state index in [2.05, 4.69) is 24.1 Å². The summed E-state index contributed by atoms with van der Waals surface area (Å²) in [6.07, 6.45) is 6.05. The van der Waals surface area contributed by atoms with Crippen LogP contribution in [0.3, 0.4) is 0 Å². The summed E-state index contributed by atoms with van der Waals surface area (Å²) in [5.74, 6) is 0.837. The average Bonchev–Trinajstić information content (AvgIpc) is 2.34. The molecule has 0 amide bonds. The zero-order valence-electron chi connectivity index (χ0n) is 11.6. The molecule has 0 aromatic carbocycles. The first-order valence-corrected chi connectivity index (χ1v) is 7.29. The van der Waals surface area contributed by atoms with Gasteiger partial charge in [-0.2, -0.15) is 0 Å². The van der Waals surface area contributed by atoms with Crippen LogP contribution in [-0.4, -0.2) is 48.8 Å². The average molecular weight is 242 g/mol. The Labute approximate surface area is 107 Å². The molecule has 0 radical (unpaired) electrons. The van der Waals surface area contributed by atoms with E-state index in [-0.39, 0.29) is 0 Å². The Balaban J connectivity index is 2.21. The molecule has 17 heavy (non-hydrogen) atoms. The maximum absolute atomic E-state index is 8.78. The van der Waals surface area contributed by atoms with Gasteiger partial charge in [0.2, 0.25) is 0 Å². The van der Waals surface area contributed by atoms with Crippen molar-refractivity contribution in [1.29, 1.82) is 0 Å². The zero-order valence-corrected chi connectivity index (χ0v) is 11.6. The number of aliphatic hydroxyl groups excluding tert-OH is 1. The van der Waals surface area contributed by atoms with E-state index in [1.807, 2.05) is 0 Å². The number of aliphatic hydroxyl groups is 1. The molecule has 0 aromatic heterocycles. The Bertz CT molecular complexity index is 179. The fourth-order valence-electron chi connectivity index (χ4n) is 2.58. The minimum atomic E-state index is 0.341. The van der Waals surface area contributed by atoms with Gasteiger partial charge in [0.05, 0.1) is 0 Å². The van der Waals surface area contributed by atoms with Gasteiger partial charge in [0.15, 0.2) is 0 Å². The molecule has 3 heteroatoms. The summed E-state index contributed by atoms with van der Waals surface area (Å²) in [4.78, 5) is 2.61. The van der Waals surface area contributed by atoms with Crippen molar-refractivity contribution < 1.29 is 5.11 Å². The van der Waals surface area contributed by atoms with E-state index < -0.39 is 0 Å². The van der Waals surface area contributed by atoms with Crippen LogP contribution in [0.25, 0.3) is 0 Å². The summed E-state index contributed by atoms with van der Waals surface area (Å²) in [5, 5.41) is 12.3. The summed E-state index contributed by atoms with van der Waals surface area (Å²) >= 11 is 0. The van der Waals surface area contributed by atoms with Crippen LogP contribution >= 0.6 is 0 Å². The minimum absolute atomic E-state index is 0.341. The van der Waals surface area contributed by atoms with Crippen LogP contribution in [0.1, 0.15) is 46.0 Å². The number of hydrogen-bond acceptors (Lipinski definition) is 3. The third-order valence-corrected chi connectivity index (χ3v) is 3.73. The highest BCUT2D eigenvalue weighted by Gasteiger charge is 2.18. The van der Waals surface area contributed by atoms with E-state index in [1.165, 1.54) is 45.4 Å². The predicted molar refractivity (Wildman–Crippen MR) is 73.2 cm³/mol. The van der Waals surface area contributed by atoms with E-state index in [0.29, 0.717) is 12.6 Å². The van der Waals surface area contributed by atoms with Gasteiger partial charge in [0.1, 0.15) is 0 Å². The number of hydrogen-bond donors (Lipinski definition) is 2. The zero-order chi connectivity index (χ0) is 12.5. The van der Waals surface area contributed by atoms with Crippen LogP contribution < -0.4 is 5.32 Å². The number of nitrogens with one attached hydrogen (secondary N) is 1. The van der Waals surface area contributed by atoms with Crippen molar-refractivity contribution >= 4 is 0 Å². The molecule has 1 saturated heterocycles. The second kappa shape index (κ2) is 8.90. The smallest absolute Gasteiger partial charge is 0.0431 e. The molecule has 3 nitrogen and oxygen atoms in total. The topological polar surface area (TPSA) is 35.5 Å². The lowest BCUT2D eigenvalue weighted by Crippen LogP contribution is -2.41. The van der Waals surface area contributed by atoms with Crippen LogP contribution in [-0.2, 0) is 0 Å². The lowest BCUT2D eigenvalue weighted by molar-refractivity contribution is 0.167. The maximum Gasteiger partial charge on any atom is 0.0431 e. The normalized spacial score (nSPS) is 21.4. The Morgan fingerprint density at radius 2 is 2.12 bits per heavy atom. The third kappa shape index (κ3) is 6.39. The number of piperidine rings is 1. The van der Waals surface area contributed by atoms with Crippen molar-refractivity contribution in [3.63, 3.8) is 0 Å². The van der Waals surface area contributed by atoms with Crippen LogP contribution in [0.2, 0.25) is 0 Å². The molecular weight excluding hydrogens is 212 g/mol. The van der Waals surface area contributed by atoms with Gasteiger partial charge in [0, 0.05) is 19.2 Å². The molecular formula is C14H30N2O. The van der Waals surface area contributed by atoms with E-state index in [1.54, 1.807) is 0 Å². The molecule has 1 heterocycles. The van der Waals surface area contributed by atoms with Crippen molar-refractivity contribution in [2.45, 2.75) is 52.0 Å². The first kappa shape index (κ1) is 14.9. The fourth-order valence-corrected chi connectivity index (χ4v) is 2.58. The number of nitrogens with zero attached hydrogens (tertiary/aromatic N) is 1. The van der Waals surface area contributed by atoms with E-state index in [4.69, 9.17) is 5.11 Å². The number of rotatable bonds is 8. The molecule has 1 unspecified atom stereocenters. The molecule has 0 bridgehead atoms. The second-order valence-electron chi connectivity index (χ2n) is 5.59. The Hall–Kier alpha value is -0.120. The Morgan fingerprint density at radius 1 is 1.29 bits per heavy atom. The Morgan fingerprint density at radius 3 is 2.71 bits per heavy atom. The first-order chi connectivity index (χ1) is 8.24. The van der Waals surface area contributed by atoms with Gasteiger partial charge < -0.3 is 15.3 Å². The van der Waals surface area contributed by atoms with Gasteiger partial charge in [-0.1, -0.05) is 0 Å². The molecule has 1 aliphatic rings.